The van der Waals surface area contributed by atoms with Crippen molar-refractivity contribution in [2.24, 2.45) is 0 Å². The maximum Gasteiger partial charge on any atom is 0.271 e. The minimum atomic E-state index is -0.379. The van der Waals surface area contributed by atoms with Crippen LogP contribution >= 0.6 is 0 Å². The molecule has 2 aromatic carbocycles. The molecule has 0 radical (unpaired) electrons. The van der Waals surface area contributed by atoms with E-state index in [1.165, 1.54) is 0 Å². The molecule has 2 amide bonds. The molecule has 7 nitrogen and oxygen atoms in total. The number of hydrogen-bond acceptors (Lipinski definition) is 3. The van der Waals surface area contributed by atoms with Crippen LogP contribution in [0, 0.1) is 13.8 Å². The molecule has 2 N–H and O–H groups in total. The molecule has 4 rings (SSSR count). The topological polar surface area (TPSA) is 81.0 Å². The molecule has 2 heterocycles. The number of nitrogens with zero attached hydrogens (tertiary/aromatic N) is 3. The maximum atomic E-state index is 12.7. The van der Waals surface area contributed by atoms with Gasteiger partial charge in [0.1, 0.15) is 0 Å². The van der Waals surface area contributed by atoms with Crippen LogP contribution in [0.15, 0.2) is 79.1 Å². The van der Waals surface area contributed by atoms with Crippen molar-refractivity contribution in [1.82, 2.24) is 25.2 Å². The van der Waals surface area contributed by atoms with Crippen molar-refractivity contribution in [3.8, 4) is 5.69 Å². The summed E-state index contributed by atoms with van der Waals surface area (Å²) in [6, 6.07) is 20.7. The molecule has 0 bridgehead atoms. The van der Waals surface area contributed by atoms with Crippen molar-refractivity contribution in [1.29, 1.82) is 0 Å². The van der Waals surface area contributed by atoms with Crippen molar-refractivity contribution < 1.29 is 9.59 Å². The summed E-state index contributed by atoms with van der Waals surface area (Å²) < 4.78 is 3.82. The highest BCUT2D eigenvalue weighted by atomic mass is 16.2. The summed E-state index contributed by atoms with van der Waals surface area (Å²) in [6.07, 6.45) is 3.60. The molecule has 156 valence electrons. The van der Waals surface area contributed by atoms with E-state index in [9.17, 15) is 9.59 Å². The second-order valence-corrected chi connectivity index (χ2v) is 7.26. The Morgan fingerprint density at radius 2 is 1.61 bits per heavy atom. The molecule has 4 aromatic rings. The zero-order chi connectivity index (χ0) is 21.8. The molecule has 0 aliphatic heterocycles. The minimum Gasteiger partial charge on any atom is -0.318 e. The normalized spacial score (nSPS) is 10.6. The zero-order valence-electron chi connectivity index (χ0n) is 17.4. The molecule has 0 spiro atoms. The van der Waals surface area contributed by atoms with Crippen molar-refractivity contribution in [2.75, 3.05) is 0 Å². The summed E-state index contributed by atoms with van der Waals surface area (Å²) in [4.78, 5) is 25.1. The van der Waals surface area contributed by atoms with Gasteiger partial charge < -0.3 is 4.57 Å². The van der Waals surface area contributed by atoms with E-state index in [-0.39, 0.29) is 11.8 Å². The molecule has 0 unspecified atom stereocenters. The van der Waals surface area contributed by atoms with Crippen molar-refractivity contribution in [3.05, 3.63) is 107 Å². The van der Waals surface area contributed by atoms with E-state index in [0.717, 1.165) is 22.6 Å². The Balaban J connectivity index is 1.40. The average Bonchev–Trinajstić information content (AvgIpc) is 3.40. The largest absolute Gasteiger partial charge is 0.318 e. The number of carbonyl (C=O) groups is 2. The predicted molar refractivity (Wildman–Crippen MR) is 118 cm³/mol. The number of aryl methyl sites for hydroxylation is 1. The smallest absolute Gasteiger partial charge is 0.271 e. The number of carbonyl (C=O) groups excluding carboxylic acids is 2. The van der Waals surface area contributed by atoms with Gasteiger partial charge in [-0.15, -0.1) is 0 Å². The predicted octanol–water partition coefficient (Wildman–Crippen LogP) is 3.41. The van der Waals surface area contributed by atoms with Crippen molar-refractivity contribution in [3.63, 3.8) is 0 Å². The molecule has 0 fully saturated rings. The van der Waals surface area contributed by atoms with Crippen LogP contribution in [0.1, 0.15) is 37.7 Å². The van der Waals surface area contributed by atoms with Gasteiger partial charge in [0, 0.05) is 35.0 Å². The van der Waals surface area contributed by atoms with Crippen LogP contribution in [0.2, 0.25) is 0 Å². The maximum absolute atomic E-state index is 12.7. The number of rotatable bonds is 5. The highest BCUT2D eigenvalue weighted by Gasteiger charge is 2.17. The Hall–Kier alpha value is -4.13. The number of benzene rings is 2. The molecule has 7 heteroatoms. The lowest BCUT2D eigenvalue weighted by Gasteiger charge is -2.10. The van der Waals surface area contributed by atoms with Gasteiger partial charge in [-0.25, -0.2) is 0 Å². The fraction of sp³-hybridized carbons (Fsp3) is 0.125. The van der Waals surface area contributed by atoms with Crippen LogP contribution in [-0.4, -0.2) is 26.2 Å². The molecule has 0 atom stereocenters. The molecule has 0 aliphatic carbocycles. The van der Waals surface area contributed by atoms with E-state index in [1.54, 1.807) is 23.0 Å². The monoisotopic (exact) mass is 413 g/mol. The van der Waals surface area contributed by atoms with Gasteiger partial charge in [0.05, 0.1) is 12.1 Å². The first-order valence-corrected chi connectivity index (χ1v) is 9.94. The molecule has 0 saturated carbocycles. The van der Waals surface area contributed by atoms with Gasteiger partial charge in [-0.05, 0) is 55.8 Å². The number of amides is 2. The first-order chi connectivity index (χ1) is 15.0. The standard InChI is InChI=1S/C24H23N5O2/c1-17-15-22(18(2)29(17)21-7-4-3-5-8-21)24(31)27-26-23(30)20-11-9-19(10-12-20)16-28-14-6-13-25-28/h3-15H,16H2,1-2H3,(H,26,30)(H,27,31). The van der Waals surface area contributed by atoms with Crippen LogP contribution in [-0.2, 0) is 6.54 Å². The molecular formula is C24H23N5O2. The number of hydrazine groups is 1. The van der Waals surface area contributed by atoms with Crippen molar-refractivity contribution in [2.45, 2.75) is 20.4 Å². The SMILES string of the molecule is Cc1cc(C(=O)NNC(=O)c2ccc(Cn3cccn3)cc2)c(C)n1-c1ccccc1. The Kier molecular flexibility index (Phi) is 5.66. The first kappa shape index (κ1) is 20.2. The molecule has 0 saturated heterocycles. The Morgan fingerprint density at radius 3 is 2.29 bits per heavy atom. The fourth-order valence-electron chi connectivity index (χ4n) is 3.56. The number of para-hydroxylation sites is 1. The molecule has 0 aliphatic rings. The van der Waals surface area contributed by atoms with Gasteiger partial charge >= 0.3 is 0 Å². The minimum absolute atomic E-state index is 0.362. The third kappa shape index (κ3) is 4.40. The van der Waals surface area contributed by atoms with Gasteiger partial charge in [-0.1, -0.05) is 30.3 Å². The van der Waals surface area contributed by atoms with Crippen LogP contribution in [0.5, 0.6) is 0 Å². The van der Waals surface area contributed by atoms with Crippen molar-refractivity contribution >= 4 is 11.8 Å². The van der Waals surface area contributed by atoms with E-state index in [0.29, 0.717) is 17.7 Å². The van der Waals surface area contributed by atoms with Gasteiger partial charge in [-0.3, -0.25) is 25.1 Å². The summed E-state index contributed by atoms with van der Waals surface area (Å²) in [5, 5.41) is 4.17. The second kappa shape index (κ2) is 8.71. The Bertz CT molecular complexity index is 1190. The van der Waals surface area contributed by atoms with Crippen LogP contribution in [0.4, 0.5) is 0 Å². The van der Waals surface area contributed by atoms with E-state index < -0.39 is 0 Å². The Labute approximate surface area is 180 Å². The summed E-state index contributed by atoms with van der Waals surface area (Å²) in [5.74, 6) is -0.741. The quantitative estimate of drug-likeness (QED) is 0.492. The van der Waals surface area contributed by atoms with E-state index in [4.69, 9.17) is 0 Å². The van der Waals surface area contributed by atoms with Gasteiger partial charge in [-0.2, -0.15) is 5.10 Å². The second-order valence-electron chi connectivity index (χ2n) is 7.26. The molecule has 31 heavy (non-hydrogen) atoms. The first-order valence-electron chi connectivity index (χ1n) is 9.94. The lowest BCUT2D eigenvalue weighted by Crippen LogP contribution is -2.41. The number of aromatic nitrogens is 3. The van der Waals surface area contributed by atoms with Gasteiger partial charge in [0.2, 0.25) is 0 Å². The van der Waals surface area contributed by atoms with Gasteiger partial charge in [0.25, 0.3) is 11.8 Å². The molecule has 2 aromatic heterocycles. The summed E-state index contributed by atoms with van der Waals surface area (Å²) in [6.45, 7) is 4.46. The zero-order valence-corrected chi connectivity index (χ0v) is 17.4. The summed E-state index contributed by atoms with van der Waals surface area (Å²) in [5.41, 5.74) is 9.73. The third-order valence-corrected chi connectivity index (χ3v) is 5.10. The highest BCUT2D eigenvalue weighted by Crippen LogP contribution is 2.20. The fourth-order valence-corrected chi connectivity index (χ4v) is 3.56. The van der Waals surface area contributed by atoms with Crippen LogP contribution < -0.4 is 10.9 Å². The van der Waals surface area contributed by atoms with E-state index in [2.05, 4.69) is 16.0 Å². The molecular weight excluding hydrogens is 390 g/mol. The summed E-state index contributed by atoms with van der Waals surface area (Å²) >= 11 is 0. The van der Waals surface area contributed by atoms with E-state index in [1.807, 2.05) is 79.2 Å². The van der Waals surface area contributed by atoms with Gasteiger partial charge in [0.15, 0.2) is 0 Å². The lowest BCUT2D eigenvalue weighted by molar-refractivity contribution is 0.0846. The average molecular weight is 413 g/mol. The number of hydrogen-bond donors (Lipinski definition) is 2. The summed E-state index contributed by atoms with van der Waals surface area (Å²) in [7, 11) is 0. The van der Waals surface area contributed by atoms with E-state index >= 15 is 0 Å². The third-order valence-electron chi connectivity index (χ3n) is 5.10. The van der Waals surface area contributed by atoms with Crippen LogP contribution in [0.25, 0.3) is 5.69 Å². The van der Waals surface area contributed by atoms with Crippen LogP contribution in [0.3, 0.4) is 0 Å². The Morgan fingerprint density at radius 1 is 0.903 bits per heavy atom. The number of nitrogens with one attached hydrogen (secondary N) is 2. The lowest BCUT2D eigenvalue weighted by atomic mass is 10.1. The highest BCUT2D eigenvalue weighted by molar-refractivity contribution is 5.99.